The molecule has 80 valence electrons. The first-order chi connectivity index (χ1) is 6.85. The summed E-state index contributed by atoms with van der Waals surface area (Å²) < 4.78 is 5.39. The van der Waals surface area contributed by atoms with Crippen molar-refractivity contribution in [1.29, 1.82) is 0 Å². The van der Waals surface area contributed by atoms with Crippen molar-refractivity contribution in [1.82, 2.24) is 0 Å². The van der Waals surface area contributed by atoms with Crippen LogP contribution in [0.5, 0.6) is 0 Å². The van der Waals surface area contributed by atoms with Crippen LogP contribution in [0.3, 0.4) is 0 Å². The molecule has 2 bridgehead atoms. The van der Waals surface area contributed by atoms with E-state index in [1.54, 1.807) is 0 Å². The summed E-state index contributed by atoms with van der Waals surface area (Å²) in [6.07, 6.45) is 11.1. The quantitative estimate of drug-likeness (QED) is 0.634. The highest BCUT2D eigenvalue weighted by molar-refractivity contribution is 5.38. The fourth-order valence-electron chi connectivity index (χ4n) is 3.15. The molecule has 2 saturated carbocycles. The second kappa shape index (κ2) is 4.33. The average Bonchev–Trinajstić information content (AvgIpc) is 2.28. The normalized spacial score (nSPS) is 38.1. The fourth-order valence-corrected chi connectivity index (χ4v) is 3.15. The molecule has 0 aromatic carbocycles. The van der Waals surface area contributed by atoms with E-state index in [9.17, 15) is 4.79 Å². The van der Waals surface area contributed by atoms with E-state index in [2.05, 4.69) is 0 Å². The molecule has 0 aliphatic heterocycles. The Kier molecular flexibility index (Phi) is 3.09. The summed E-state index contributed by atoms with van der Waals surface area (Å²) in [6.45, 7) is 0.669. The van der Waals surface area contributed by atoms with Crippen molar-refractivity contribution in [3.8, 4) is 0 Å². The summed E-state index contributed by atoms with van der Waals surface area (Å²) in [4.78, 5) is 10.5. The van der Waals surface area contributed by atoms with Gasteiger partial charge in [0.05, 0.1) is 0 Å². The van der Waals surface area contributed by atoms with Crippen LogP contribution >= 0.6 is 0 Å². The zero-order valence-electron chi connectivity index (χ0n) is 8.84. The summed E-state index contributed by atoms with van der Waals surface area (Å²) in [5.41, 5.74) is -0.0725. The Labute approximate surface area is 86.0 Å². The summed E-state index contributed by atoms with van der Waals surface area (Å²) in [6, 6.07) is 0. The van der Waals surface area contributed by atoms with Crippen LogP contribution in [0.15, 0.2) is 0 Å². The fraction of sp³-hybridized carbons (Fsp3) is 0.917. The van der Waals surface area contributed by atoms with Crippen molar-refractivity contribution in [2.24, 2.45) is 5.92 Å². The van der Waals surface area contributed by atoms with Gasteiger partial charge in [-0.25, -0.2) is 0 Å². The number of hydrogen-bond donors (Lipinski definition) is 0. The third kappa shape index (κ3) is 2.10. The number of ether oxygens (including phenoxy) is 1. The summed E-state index contributed by atoms with van der Waals surface area (Å²) in [7, 11) is 0. The summed E-state index contributed by atoms with van der Waals surface area (Å²) in [5, 5.41) is 0. The van der Waals surface area contributed by atoms with Gasteiger partial charge in [-0.05, 0) is 44.4 Å². The van der Waals surface area contributed by atoms with Crippen LogP contribution < -0.4 is 0 Å². The van der Waals surface area contributed by atoms with Crippen LogP contribution in [0, 0.1) is 5.92 Å². The zero-order valence-corrected chi connectivity index (χ0v) is 8.84. The Balaban J connectivity index is 2.08. The third-order valence-corrected chi connectivity index (χ3v) is 4.05. The van der Waals surface area contributed by atoms with E-state index in [4.69, 9.17) is 4.74 Å². The minimum atomic E-state index is -0.0725. The minimum Gasteiger partial charge on any atom is -0.461 e. The van der Waals surface area contributed by atoms with Gasteiger partial charge in [0.2, 0.25) is 0 Å². The van der Waals surface area contributed by atoms with E-state index >= 15 is 0 Å². The maximum atomic E-state index is 10.5. The number of carbonyl (C=O) groups excluding carboxylic acids is 1. The van der Waals surface area contributed by atoms with Crippen molar-refractivity contribution in [3.63, 3.8) is 0 Å². The lowest BCUT2D eigenvalue weighted by Crippen LogP contribution is -2.32. The predicted molar refractivity (Wildman–Crippen MR) is 54.9 cm³/mol. The monoisotopic (exact) mass is 196 g/mol. The molecule has 0 N–H and O–H groups in total. The lowest BCUT2D eigenvalue weighted by Gasteiger charge is -2.32. The van der Waals surface area contributed by atoms with Gasteiger partial charge in [-0.1, -0.05) is 19.3 Å². The second-order valence-electron chi connectivity index (χ2n) is 4.94. The molecule has 2 aliphatic carbocycles. The topological polar surface area (TPSA) is 26.3 Å². The summed E-state index contributed by atoms with van der Waals surface area (Å²) in [5.74, 6) is 0.910. The van der Waals surface area contributed by atoms with E-state index in [0.717, 1.165) is 25.2 Å². The molecule has 0 saturated heterocycles. The average molecular weight is 196 g/mol. The number of hydrogen-bond acceptors (Lipinski definition) is 2. The molecule has 0 amide bonds. The molecular weight excluding hydrogens is 176 g/mol. The zero-order chi connectivity index (χ0) is 9.86. The maximum Gasteiger partial charge on any atom is 0.293 e. The number of fused-ring (bicyclic) bond motifs is 3. The number of carbonyl (C=O) groups is 1. The highest BCUT2D eigenvalue weighted by Crippen LogP contribution is 2.40. The molecule has 0 radical (unpaired) electrons. The summed E-state index contributed by atoms with van der Waals surface area (Å²) >= 11 is 0. The molecule has 2 unspecified atom stereocenters. The lowest BCUT2D eigenvalue weighted by atomic mass is 9.84. The molecule has 2 atom stereocenters. The largest absolute Gasteiger partial charge is 0.461 e. The van der Waals surface area contributed by atoms with E-state index in [-0.39, 0.29) is 5.60 Å². The van der Waals surface area contributed by atoms with Crippen molar-refractivity contribution < 1.29 is 9.53 Å². The van der Waals surface area contributed by atoms with Crippen molar-refractivity contribution in [3.05, 3.63) is 0 Å². The van der Waals surface area contributed by atoms with Crippen molar-refractivity contribution in [2.75, 3.05) is 0 Å². The molecule has 0 aromatic heterocycles. The molecule has 2 fully saturated rings. The van der Waals surface area contributed by atoms with Gasteiger partial charge in [0.1, 0.15) is 5.60 Å². The smallest absolute Gasteiger partial charge is 0.293 e. The highest BCUT2D eigenvalue weighted by Gasteiger charge is 2.35. The number of rotatable bonds is 2. The van der Waals surface area contributed by atoms with Crippen molar-refractivity contribution in [2.45, 2.75) is 63.4 Å². The SMILES string of the molecule is O=COC12CCCCC(CCC1)CC2. The highest BCUT2D eigenvalue weighted by atomic mass is 16.5. The molecule has 2 nitrogen and oxygen atoms in total. The molecular formula is C12H20O2. The van der Waals surface area contributed by atoms with E-state index < -0.39 is 0 Å². The minimum absolute atomic E-state index is 0.0725. The third-order valence-electron chi connectivity index (χ3n) is 4.05. The molecule has 2 aliphatic rings. The first-order valence-electron chi connectivity index (χ1n) is 5.96. The van der Waals surface area contributed by atoms with E-state index in [0.29, 0.717) is 6.47 Å². The van der Waals surface area contributed by atoms with E-state index in [1.807, 2.05) is 0 Å². The molecule has 0 heterocycles. The van der Waals surface area contributed by atoms with Gasteiger partial charge in [-0.15, -0.1) is 0 Å². The predicted octanol–water partition coefficient (Wildman–Crippen LogP) is 3.05. The second-order valence-corrected chi connectivity index (χ2v) is 4.94. The van der Waals surface area contributed by atoms with Crippen LogP contribution in [-0.4, -0.2) is 12.1 Å². The van der Waals surface area contributed by atoms with Crippen LogP contribution in [0.4, 0.5) is 0 Å². The molecule has 0 aromatic rings. The lowest BCUT2D eigenvalue weighted by molar-refractivity contribution is -0.146. The van der Waals surface area contributed by atoms with Gasteiger partial charge < -0.3 is 4.74 Å². The molecule has 2 heteroatoms. The van der Waals surface area contributed by atoms with Gasteiger partial charge in [-0.2, -0.15) is 0 Å². The van der Waals surface area contributed by atoms with Crippen LogP contribution in [0.2, 0.25) is 0 Å². The van der Waals surface area contributed by atoms with Crippen LogP contribution in [0.25, 0.3) is 0 Å². The van der Waals surface area contributed by atoms with Gasteiger partial charge in [0.15, 0.2) is 0 Å². The molecule has 0 spiro atoms. The Morgan fingerprint density at radius 2 is 1.79 bits per heavy atom. The molecule has 14 heavy (non-hydrogen) atoms. The van der Waals surface area contributed by atoms with Crippen LogP contribution in [0.1, 0.15) is 57.8 Å². The van der Waals surface area contributed by atoms with Crippen LogP contribution in [-0.2, 0) is 9.53 Å². The Bertz CT molecular complexity index is 198. The Hall–Kier alpha value is -0.530. The Morgan fingerprint density at radius 3 is 2.64 bits per heavy atom. The van der Waals surface area contributed by atoms with E-state index in [1.165, 1.54) is 38.5 Å². The standard InChI is InChI=1S/C12H20O2/c13-10-14-12-7-2-1-4-11(6-9-12)5-3-8-12/h10-11H,1-9H2. The van der Waals surface area contributed by atoms with Crippen molar-refractivity contribution >= 4 is 6.47 Å². The molecule has 2 rings (SSSR count). The first kappa shape index (κ1) is 10.0. The van der Waals surface area contributed by atoms with Gasteiger partial charge in [0, 0.05) is 0 Å². The van der Waals surface area contributed by atoms with Gasteiger partial charge in [0.25, 0.3) is 6.47 Å². The first-order valence-corrected chi connectivity index (χ1v) is 5.96. The van der Waals surface area contributed by atoms with Gasteiger partial charge in [-0.3, -0.25) is 4.79 Å². The van der Waals surface area contributed by atoms with Gasteiger partial charge >= 0.3 is 0 Å². The Morgan fingerprint density at radius 1 is 1.00 bits per heavy atom. The maximum absolute atomic E-state index is 10.5.